The molecule has 0 fully saturated rings. The van der Waals surface area contributed by atoms with E-state index in [0.29, 0.717) is 11.4 Å². The zero-order chi connectivity index (χ0) is 14.7. The molecule has 0 bridgehead atoms. The number of nitrogens with zero attached hydrogens (tertiary/aromatic N) is 1. The van der Waals surface area contributed by atoms with Crippen molar-refractivity contribution in [1.29, 1.82) is 0 Å². The Bertz CT molecular complexity index is 646. The van der Waals surface area contributed by atoms with Gasteiger partial charge in [-0.05, 0) is 36.8 Å². The molecule has 0 saturated heterocycles. The van der Waals surface area contributed by atoms with E-state index < -0.39 is 0 Å². The van der Waals surface area contributed by atoms with Crippen LogP contribution in [0.4, 0.5) is 10.5 Å². The number of urea groups is 1. The quantitative estimate of drug-likeness (QED) is 0.909. The molecule has 2 amide bonds. The molecule has 3 rings (SSSR count). The zero-order valence-electron chi connectivity index (χ0n) is 11.5. The lowest BCUT2D eigenvalue weighted by Crippen LogP contribution is -2.31. The van der Waals surface area contributed by atoms with E-state index >= 15 is 0 Å². The van der Waals surface area contributed by atoms with Crippen molar-refractivity contribution in [3.8, 4) is 11.5 Å². The van der Waals surface area contributed by atoms with E-state index in [1.807, 2.05) is 25.1 Å². The number of anilines is 1. The molecule has 21 heavy (non-hydrogen) atoms. The number of benzene rings is 1. The third-order valence-corrected chi connectivity index (χ3v) is 3.16. The van der Waals surface area contributed by atoms with Crippen LogP contribution in [0.2, 0.25) is 0 Å². The molecule has 2 N–H and O–H groups in total. The molecule has 1 aliphatic heterocycles. The molecule has 6 nitrogen and oxygen atoms in total. The number of hydrogen-bond acceptors (Lipinski definition) is 4. The molecule has 0 radical (unpaired) electrons. The van der Waals surface area contributed by atoms with Crippen molar-refractivity contribution in [1.82, 2.24) is 10.3 Å². The predicted octanol–water partition coefficient (Wildman–Crippen LogP) is 2.69. The van der Waals surface area contributed by atoms with Gasteiger partial charge in [0.25, 0.3) is 0 Å². The molecule has 1 aromatic carbocycles. The molecular formula is C15H15N3O3. The first-order valence-electron chi connectivity index (χ1n) is 6.59. The fraction of sp³-hybridized carbons (Fsp3) is 0.200. The fourth-order valence-corrected chi connectivity index (χ4v) is 2.07. The standard InChI is InChI=1S/C15H15N3O3/c1-10(11-4-5-13-14(7-11)21-9-20-13)17-15(19)18-12-3-2-6-16-8-12/h2-8,10H,9H2,1H3,(H2,17,18,19)/t10-/m1/s1. The summed E-state index contributed by atoms with van der Waals surface area (Å²) < 4.78 is 10.6. The predicted molar refractivity (Wildman–Crippen MR) is 77.4 cm³/mol. The van der Waals surface area contributed by atoms with Crippen LogP contribution in [0.15, 0.2) is 42.7 Å². The van der Waals surface area contributed by atoms with Crippen molar-refractivity contribution in [2.45, 2.75) is 13.0 Å². The molecule has 1 aromatic heterocycles. The van der Waals surface area contributed by atoms with Crippen molar-refractivity contribution in [2.24, 2.45) is 0 Å². The number of fused-ring (bicyclic) bond motifs is 1. The van der Waals surface area contributed by atoms with Crippen LogP contribution in [0.3, 0.4) is 0 Å². The third kappa shape index (κ3) is 3.05. The maximum atomic E-state index is 11.9. The number of pyridine rings is 1. The first-order valence-corrected chi connectivity index (χ1v) is 6.59. The SMILES string of the molecule is C[C@@H](NC(=O)Nc1cccnc1)c1ccc2c(c1)OCO2. The highest BCUT2D eigenvalue weighted by Gasteiger charge is 2.16. The van der Waals surface area contributed by atoms with Crippen LogP contribution in [0, 0.1) is 0 Å². The summed E-state index contributed by atoms with van der Waals surface area (Å²) in [6, 6.07) is 8.72. The summed E-state index contributed by atoms with van der Waals surface area (Å²) in [5.74, 6) is 1.43. The summed E-state index contributed by atoms with van der Waals surface area (Å²) in [5, 5.41) is 5.59. The topological polar surface area (TPSA) is 72.5 Å². The van der Waals surface area contributed by atoms with Crippen molar-refractivity contribution in [3.05, 3.63) is 48.3 Å². The average Bonchev–Trinajstić information content (AvgIpc) is 2.95. The highest BCUT2D eigenvalue weighted by molar-refractivity contribution is 5.89. The number of rotatable bonds is 3. The minimum atomic E-state index is -0.284. The summed E-state index contributed by atoms with van der Waals surface area (Å²) in [6.45, 7) is 2.14. The summed E-state index contributed by atoms with van der Waals surface area (Å²) >= 11 is 0. The molecule has 2 aromatic rings. The fourth-order valence-electron chi connectivity index (χ4n) is 2.07. The van der Waals surface area contributed by atoms with E-state index in [1.54, 1.807) is 24.5 Å². The van der Waals surface area contributed by atoms with E-state index in [0.717, 1.165) is 11.3 Å². The van der Waals surface area contributed by atoms with Gasteiger partial charge in [0.2, 0.25) is 6.79 Å². The van der Waals surface area contributed by atoms with Gasteiger partial charge in [-0.15, -0.1) is 0 Å². The molecule has 6 heteroatoms. The van der Waals surface area contributed by atoms with Crippen LogP contribution in [-0.2, 0) is 0 Å². The molecule has 0 spiro atoms. The number of nitrogens with one attached hydrogen (secondary N) is 2. The van der Waals surface area contributed by atoms with Crippen LogP contribution >= 0.6 is 0 Å². The van der Waals surface area contributed by atoms with Crippen LogP contribution in [0.5, 0.6) is 11.5 Å². The highest BCUT2D eigenvalue weighted by Crippen LogP contribution is 2.34. The molecule has 1 atom stereocenters. The van der Waals surface area contributed by atoms with E-state index in [1.165, 1.54) is 0 Å². The van der Waals surface area contributed by atoms with Crippen LogP contribution in [-0.4, -0.2) is 17.8 Å². The van der Waals surface area contributed by atoms with Gasteiger partial charge in [-0.25, -0.2) is 4.79 Å². The van der Waals surface area contributed by atoms with Crippen LogP contribution < -0.4 is 20.1 Å². The second-order valence-electron chi connectivity index (χ2n) is 4.67. The number of ether oxygens (including phenoxy) is 2. The van der Waals surface area contributed by atoms with E-state index in [4.69, 9.17) is 9.47 Å². The van der Waals surface area contributed by atoms with Gasteiger partial charge in [-0.2, -0.15) is 0 Å². The molecule has 1 aliphatic rings. The van der Waals surface area contributed by atoms with E-state index in [9.17, 15) is 4.79 Å². The number of amides is 2. The molecule has 2 heterocycles. The Balaban J connectivity index is 1.63. The average molecular weight is 285 g/mol. The molecule has 108 valence electrons. The minimum absolute atomic E-state index is 0.156. The van der Waals surface area contributed by atoms with E-state index in [2.05, 4.69) is 15.6 Å². The number of hydrogen-bond donors (Lipinski definition) is 2. The van der Waals surface area contributed by atoms with Crippen molar-refractivity contribution in [2.75, 3.05) is 12.1 Å². The number of carbonyl (C=O) groups excluding carboxylic acids is 1. The number of aromatic nitrogens is 1. The molecule has 0 aliphatic carbocycles. The van der Waals surface area contributed by atoms with Crippen molar-refractivity contribution in [3.63, 3.8) is 0 Å². The van der Waals surface area contributed by atoms with Gasteiger partial charge in [0, 0.05) is 6.20 Å². The molecule has 0 unspecified atom stereocenters. The minimum Gasteiger partial charge on any atom is -0.454 e. The smallest absolute Gasteiger partial charge is 0.319 e. The Morgan fingerprint density at radius 2 is 2.14 bits per heavy atom. The van der Waals surface area contributed by atoms with Gasteiger partial charge in [0.05, 0.1) is 17.9 Å². The lowest BCUT2D eigenvalue weighted by molar-refractivity contribution is 0.174. The summed E-state index contributed by atoms with van der Waals surface area (Å²) in [6.07, 6.45) is 3.24. The number of carbonyl (C=O) groups is 1. The Kier molecular flexibility index (Phi) is 3.59. The molecule has 0 saturated carbocycles. The van der Waals surface area contributed by atoms with Gasteiger partial charge in [0.1, 0.15) is 0 Å². The Labute approximate surface area is 122 Å². The Morgan fingerprint density at radius 1 is 1.29 bits per heavy atom. The second-order valence-corrected chi connectivity index (χ2v) is 4.67. The monoisotopic (exact) mass is 285 g/mol. The maximum Gasteiger partial charge on any atom is 0.319 e. The Hall–Kier alpha value is -2.76. The highest BCUT2D eigenvalue weighted by atomic mass is 16.7. The van der Waals surface area contributed by atoms with Crippen molar-refractivity contribution < 1.29 is 14.3 Å². The summed E-state index contributed by atoms with van der Waals surface area (Å²) in [5.41, 5.74) is 1.59. The molecular weight excluding hydrogens is 270 g/mol. The lowest BCUT2D eigenvalue weighted by atomic mass is 10.1. The van der Waals surface area contributed by atoms with Crippen molar-refractivity contribution >= 4 is 11.7 Å². The maximum absolute atomic E-state index is 11.9. The second kappa shape index (κ2) is 5.70. The van der Waals surface area contributed by atoms with Crippen LogP contribution in [0.1, 0.15) is 18.5 Å². The Morgan fingerprint density at radius 3 is 2.95 bits per heavy atom. The first-order chi connectivity index (χ1) is 10.2. The van der Waals surface area contributed by atoms with Gasteiger partial charge >= 0.3 is 6.03 Å². The largest absolute Gasteiger partial charge is 0.454 e. The van der Waals surface area contributed by atoms with Gasteiger partial charge in [-0.1, -0.05) is 6.07 Å². The third-order valence-electron chi connectivity index (χ3n) is 3.16. The normalized spacial score (nSPS) is 13.6. The summed E-state index contributed by atoms with van der Waals surface area (Å²) in [7, 11) is 0. The van der Waals surface area contributed by atoms with Gasteiger partial charge in [0.15, 0.2) is 11.5 Å². The first kappa shape index (κ1) is 13.2. The summed E-state index contributed by atoms with van der Waals surface area (Å²) in [4.78, 5) is 15.9. The van der Waals surface area contributed by atoms with Gasteiger partial charge < -0.3 is 20.1 Å². The van der Waals surface area contributed by atoms with E-state index in [-0.39, 0.29) is 18.9 Å². The van der Waals surface area contributed by atoms with Crippen LogP contribution in [0.25, 0.3) is 0 Å². The zero-order valence-corrected chi connectivity index (χ0v) is 11.5. The lowest BCUT2D eigenvalue weighted by Gasteiger charge is -2.15. The van der Waals surface area contributed by atoms with Gasteiger partial charge in [-0.3, -0.25) is 4.98 Å².